The predicted molar refractivity (Wildman–Crippen MR) is 81.1 cm³/mol. The maximum atomic E-state index is 13.5. The van der Waals surface area contributed by atoms with Gasteiger partial charge in [0.1, 0.15) is 11.4 Å². The lowest BCUT2D eigenvalue weighted by Crippen LogP contribution is -2.36. The van der Waals surface area contributed by atoms with Gasteiger partial charge in [0, 0.05) is 7.11 Å². The molecule has 0 aliphatic rings. The lowest BCUT2D eigenvalue weighted by Gasteiger charge is -2.28. The van der Waals surface area contributed by atoms with Crippen molar-refractivity contribution in [3.05, 3.63) is 29.6 Å². The third kappa shape index (κ3) is 5.71. The fraction of sp³-hybridized carbons (Fsp3) is 0.562. The molecule has 0 radical (unpaired) electrons. The number of methoxy groups -OCH3 is 1. The van der Waals surface area contributed by atoms with Crippen LogP contribution in [0.3, 0.4) is 0 Å². The summed E-state index contributed by atoms with van der Waals surface area (Å²) in [5, 5.41) is 3.13. The van der Waals surface area contributed by atoms with Crippen LogP contribution in [0.2, 0.25) is 0 Å². The predicted octanol–water partition coefficient (Wildman–Crippen LogP) is 3.62. The average molecular weight is 297 g/mol. The molecule has 0 unspecified atom stereocenters. The van der Waals surface area contributed by atoms with Crippen molar-refractivity contribution in [2.24, 2.45) is 0 Å². The van der Waals surface area contributed by atoms with Crippen molar-refractivity contribution >= 4 is 11.7 Å². The van der Waals surface area contributed by atoms with Gasteiger partial charge in [-0.3, -0.25) is 0 Å². The Balaban J connectivity index is 3.08. The summed E-state index contributed by atoms with van der Waals surface area (Å²) in [5.41, 5.74) is -0.355. The molecule has 0 saturated heterocycles. The van der Waals surface area contributed by atoms with Crippen molar-refractivity contribution in [3.8, 4) is 0 Å². The summed E-state index contributed by atoms with van der Waals surface area (Å²) < 4.78 is 23.9. The maximum Gasteiger partial charge on any atom is 0.340 e. The summed E-state index contributed by atoms with van der Waals surface area (Å²) in [7, 11) is 1.59. The molecular formula is C16H24FNO3. The molecule has 1 N–H and O–H groups in total. The molecule has 0 fully saturated rings. The summed E-state index contributed by atoms with van der Waals surface area (Å²) >= 11 is 0. The highest BCUT2D eigenvalue weighted by Gasteiger charge is 2.24. The zero-order chi connectivity index (χ0) is 16.3. The van der Waals surface area contributed by atoms with E-state index in [1.165, 1.54) is 18.2 Å². The number of nitrogens with one attached hydrogen (secondary N) is 1. The summed E-state index contributed by atoms with van der Waals surface area (Å²) in [6.07, 6.45) is 0. The molecule has 0 atom stereocenters. The van der Waals surface area contributed by atoms with Crippen LogP contribution >= 0.6 is 0 Å². The second kappa shape index (κ2) is 6.43. The molecule has 1 rings (SSSR count). The largest absolute Gasteiger partial charge is 0.456 e. The minimum atomic E-state index is -0.606. The number of hydrogen-bond donors (Lipinski definition) is 1. The molecule has 0 aliphatic carbocycles. The third-order valence-electron chi connectivity index (χ3n) is 2.58. The van der Waals surface area contributed by atoms with Gasteiger partial charge in [-0.15, -0.1) is 0 Å². The Hall–Kier alpha value is -1.62. The smallest absolute Gasteiger partial charge is 0.340 e. The van der Waals surface area contributed by atoms with E-state index < -0.39 is 22.9 Å². The Morgan fingerprint density at radius 1 is 1.24 bits per heavy atom. The van der Waals surface area contributed by atoms with Gasteiger partial charge < -0.3 is 14.8 Å². The van der Waals surface area contributed by atoms with Gasteiger partial charge in [-0.2, -0.15) is 0 Å². The van der Waals surface area contributed by atoms with Crippen LogP contribution in [0.15, 0.2) is 18.2 Å². The highest BCUT2D eigenvalue weighted by Crippen LogP contribution is 2.24. The van der Waals surface area contributed by atoms with Gasteiger partial charge in [0.2, 0.25) is 0 Å². The van der Waals surface area contributed by atoms with Crippen molar-refractivity contribution in [2.45, 2.75) is 45.8 Å². The van der Waals surface area contributed by atoms with Crippen LogP contribution in [0.5, 0.6) is 0 Å². The minimum Gasteiger partial charge on any atom is -0.456 e. The fourth-order valence-corrected chi connectivity index (χ4v) is 1.89. The standard InChI is InChI=1S/C16H24FNO3/c1-15(2,3)21-14(19)12-8-7-11(17)9-13(12)18-16(4,5)10-20-6/h7-9,18H,10H2,1-6H3. The van der Waals surface area contributed by atoms with Gasteiger partial charge >= 0.3 is 5.97 Å². The molecule has 5 heteroatoms. The summed E-state index contributed by atoms with van der Waals surface area (Å²) in [5.74, 6) is -0.906. The number of anilines is 1. The molecule has 0 saturated carbocycles. The molecular weight excluding hydrogens is 273 g/mol. The van der Waals surface area contributed by atoms with Gasteiger partial charge in [0.05, 0.1) is 23.4 Å². The van der Waals surface area contributed by atoms with Crippen molar-refractivity contribution in [3.63, 3.8) is 0 Å². The fourth-order valence-electron chi connectivity index (χ4n) is 1.89. The first-order valence-electron chi connectivity index (χ1n) is 6.84. The first-order valence-corrected chi connectivity index (χ1v) is 6.84. The Bertz CT molecular complexity index is 507. The SMILES string of the molecule is COCC(C)(C)Nc1cc(F)ccc1C(=O)OC(C)(C)C. The van der Waals surface area contributed by atoms with Crippen LogP contribution in [-0.4, -0.2) is 30.8 Å². The van der Waals surface area contributed by atoms with Gasteiger partial charge in [-0.1, -0.05) is 0 Å². The average Bonchev–Trinajstić information content (AvgIpc) is 2.25. The summed E-state index contributed by atoms with van der Waals surface area (Å²) in [6.45, 7) is 9.58. The molecule has 0 aromatic heterocycles. The van der Waals surface area contributed by atoms with E-state index in [0.29, 0.717) is 17.9 Å². The van der Waals surface area contributed by atoms with Gasteiger partial charge in [0.25, 0.3) is 0 Å². The number of benzene rings is 1. The normalized spacial score (nSPS) is 12.1. The second-order valence-electron chi connectivity index (χ2n) is 6.63. The Morgan fingerprint density at radius 3 is 2.38 bits per heavy atom. The van der Waals surface area contributed by atoms with Crippen molar-refractivity contribution in [1.82, 2.24) is 0 Å². The van der Waals surface area contributed by atoms with Crippen LogP contribution in [-0.2, 0) is 9.47 Å². The van der Waals surface area contributed by atoms with E-state index in [9.17, 15) is 9.18 Å². The van der Waals surface area contributed by atoms with E-state index >= 15 is 0 Å². The van der Waals surface area contributed by atoms with E-state index in [2.05, 4.69) is 5.32 Å². The van der Waals surface area contributed by atoms with Gasteiger partial charge in [-0.05, 0) is 52.8 Å². The van der Waals surface area contributed by atoms with E-state index in [1.54, 1.807) is 27.9 Å². The molecule has 4 nitrogen and oxygen atoms in total. The Morgan fingerprint density at radius 2 is 1.86 bits per heavy atom. The van der Waals surface area contributed by atoms with Crippen LogP contribution < -0.4 is 5.32 Å². The molecule has 0 bridgehead atoms. The molecule has 1 aromatic carbocycles. The van der Waals surface area contributed by atoms with Crippen molar-refractivity contribution in [1.29, 1.82) is 0 Å². The molecule has 0 amide bonds. The summed E-state index contributed by atoms with van der Waals surface area (Å²) in [4.78, 5) is 12.2. The highest BCUT2D eigenvalue weighted by molar-refractivity contribution is 5.96. The molecule has 0 heterocycles. The lowest BCUT2D eigenvalue weighted by atomic mass is 10.0. The quantitative estimate of drug-likeness (QED) is 0.843. The van der Waals surface area contributed by atoms with Gasteiger partial charge in [0.15, 0.2) is 0 Å². The van der Waals surface area contributed by atoms with E-state index in [4.69, 9.17) is 9.47 Å². The number of halogens is 1. The number of carbonyl (C=O) groups excluding carboxylic acids is 1. The Labute approximate surface area is 125 Å². The number of hydrogen-bond acceptors (Lipinski definition) is 4. The second-order valence-corrected chi connectivity index (χ2v) is 6.63. The number of carbonyl (C=O) groups is 1. The zero-order valence-corrected chi connectivity index (χ0v) is 13.5. The van der Waals surface area contributed by atoms with Crippen molar-refractivity contribution in [2.75, 3.05) is 19.0 Å². The van der Waals surface area contributed by atoms with Crippen LogP contribution in [0.4, 0.5) is 10.1 Å². The molecule has 118 valence electrons. The highest BCUT2D eigenvalue weighted by atomic mass is 19.1. The Kier molecular flexibility index (Phi) is 5.34. The first kappa shape index (κ1) is 17.4. The van der Waals surface area contributed by atoms with E-state index in [-0.39, 0.29) is 0 Å². The molecule has 0 aliphatic heterocycles. The first-order chi connectivity index (χ1) is 9.54. The number of ether oxygens (including phenoxy) is 2. The van der Waals surface area contributed by atoms with Crippen molar-refractivity contribution < 1.29 is 18.7 Å². The van der Waals surface area contributed by atoms with Crippen LogP contribution in [0.25, 0.3) is 0 Å². The minimum absolute atomic E-state index is 0.301. The van der Waals surface area contributed by atoms with E-state index in [1.807, 2.05) is 13.8 Å². The van der Waals surface area contributed by atoms with Crippen LogP contribution in [0, 0.1) is 5.82 Å². The zero-order valence-electron chi connectivity index (χ0n) is 13.5. The maximum absolute atomic E-state index is 13.5. The number of rotatable bonds is 5. The summed E-state index contributed by atoms with van der Waals surface area (Å²) in [6, 6.07) is 3.96. The molecule has 0 spiro atoms. The van der Waals surface area contributed by atoms with Crippen LogP contribution in [0.1, 0.15) is 45.0 Å². The molecule has 1 aromatic rings. The molecule has 21 heavy (non-hydrogen) atoms. The van der Waals surface area contributed by atoms with E-state index in [0.717, 1.165) is 0 Å². The third-order valence-corrected chi connectivity index (χ3v) is 2.58. The van der Waals surface area contributed by atoms with Gasteiger partial charge in [-0.25, -0.2) is 9.18 Å². The number of esters is 1. The topological polar surface area (TPSA) is 47.6 Å². The lowest BCUT2D eigenvalue weighted by molar-refractivity contribution is 0.00705. The monoisotopic (exact) mass is 297 g/mol.